The molecule has 0 aromatic carbocycles. The first-order chi connectivity index (χ1) is 2.41. The van der Waals surface area contributed by atoms with E-state index >= 15 is 0 Å². The van der Waals surface area contributed by atoms with E-state index in [0.717, 1.165) is 12.8 Å². The predicted molar refractivity (Wildman–Crippen MR) is 39.2 cm³/mol. The number of aliphatic hydroxyl groups is 1. The molecule has 0 aromatic heterocycles. The Morgan fingerprint density at radius 3 is 1.86 bits per heavy atom. The van der Waals surface area contributed by atoms with Crippen LogP contribution in [0.25, 0.3) is 0 Å². The summed E-state index contributed by atoms with van der Waals surface area (Å²) in [5.41, 5.74) is 0. The van der Waals surface area contributed by atoms with Crippen molar-refractivity contribution in [1.29, 1.82) is 0 Å². The number of hydrogen-bond acceptors (Lipinski definition) is 1. The monoisotopic (exact) mass is 228 g/mol. The molecular formula is C4H14ClInO. The summed E-state index contributed by atoms with van der Waals surface area (Å²) in [7, 11) is 0. The average Bonchev–Trinajstić information content (AvgIpc) is 1.41. The Balaban J connectivity index is -0.0000000800. The fraction of sp³-hybridized carbons (Fsp3) is 1.00. The van der Waals surface area contributed by atoms with Crippen molar-refractivity contribution in [3.63, 3.8) is 0 Å². The normalized spacial score (nSPS) is 6.00. The molecule has 0 spiro atoms. The average molecular weight is 228 g/mol. The van der Waals surface area contributed by atoms with Gasteiger partial charge in [-0.25, -0.2) is 0 Å². The molecule has 0 aliphatic heterocycles. The third-order valence-electron chi connectivity index (χ3n) is 0.512. The third kappa shape index (κ3) is 19.2. The van der Waals surface area contributed by atoms with Crippen molar-refractivity contribution in [2.75, 3.05) is 6.61 Å². The number of aliphatic hydroxyl groups excluding tert-OH is 1. The minimum absolute atomic E-state index is 0. The van der Waals surface area contributed by atoms with Gasteiger partial charge in [0, 0.05) is 6.61 Å². The Bertz CT molecular complexity index is 19.2. The summed E-state index contributed by atoms with van der Waals surface area (Å²) in [6, 6.07) is 0. The van der Waals surface area contributed by atoms with E-state index in [2.05, 4.69) is 6.92 Å². The Morgan fingerprint density at radius 2 is 1.86 bits per heavy atom. The molecule has 0 atom stereocenters. The molecule has 0 amide bonds. The molecule has 0 fully saturated rings. The van der Waals surface area contributed by atoms with Gasteiger partial charge in [-0.15, -0.1) is 12.4 Å². The fourth-order valence-corrected chi connectivity index (χ4v) is 0.158. The molecule has 0 saturated heterocycles. The van der Waals surface area contributed by atoms with Gasteiger partial charge in [0.2, 0.25) is 0 Å². The van der Waals surface area contributed by atoms with Crippen molar-refractivity contribution in [1.82, 2.24) is 0 Å². The summed E-state index contributed by atoms with van der Waals surface area (Å²) < 4.78 is 0. The van der Waals surface area contributed by atoms with Crippen molar-refractivity contribution in [3.05, 3.63) is 0 Å². The zero-order chi connectivity index (χ0) is 4.12. The predicted octanol–water partition coefficient (Wildman–Crippen LogP) is 0.0167. The zero-order valence-corrected chi connectivity index (χ0v) is 4.79. The molecular weight excluding hydrogens is 214 g/mol. The van der Waals surface area contributed by atoms with Gasteiger partial charge in [-0.2, -0.15) is 0 Å². The molecule has 0 aromatic rings. The summed E-state index contributed by atoms with van der Waals surface area (Å²) in [4.78, 5) is 0. The van der Waals surface area contributed by atoms with Crippen molar-refractivity contribution in [2.45, 2.75) is 19.8 Å². The van der Waals surface area contributed by atoms with E-state index in [1.54, 1.807) is 0 Å². The fourth-order valence-electron chi connectivity index (χ4n) is 0.158. The SMILES string of the molecule is CCCCO.Cl.[InH3]. The maximum absolute atomic E-state index is 8.07. The number of rotatable bonds is 2. The van der Waals surface area contributed by atoms with Crippen LogP contribution < -0.4 is 0 Å². The van der Waals surface area contributed by atoms with E-state index in [1.807, 2.05) is 0 Å². The van der Waals surface area contributed by atoms with Crippen LogP contribution >= 0.6 is 12.4 Å². The maximum atomic E-state index is 8.07. The second-order valence-corrected chi connectivity index (χ2v) is 1.08. The molecule has 0 rings (SSSR count). The second kappa shape index (κ2) is 15.7. The van der Waals surface area contributed by atoms with Gasteiger partial charge in [0.1, 0.15) is 0 Å². The first-order valence-electron chi connectivity index (χ1n) is 2.02. The molecule has 1 nitrogen and oxygen atoms in total. The van der Waals surface area contributed by atoms with Crippen LogP contribution in [-0.2, 0) is 0 Å². The molecule has 0 aliphatic carbocycles. The van der Waals surface area contributed by atoms with Gasteiger partial charge in [-0.1, -0.05) is 13.3 Å². The van der Waals surface area contributed by atoms with Gasteiger partial charge in [0.25, 0.3) is 0 Å². The van der Waals surface area contributed by atoms with Crippen molar-refractivity contribution in [2.24, 2.45) is 0 Å². The zero-order valence-electron chi connectivity index (χ0n) is 3.98. The molecule has 0 unspecified atom stereocenters. The summed E-state index contributed by atoms with van der Waals surface area (Å²) in [6.45, 7) is 2.40. The topological polar surface area (TPSA) is 20.2 Å². The number of hydrogen-bond donors (Lipinski definition) is 1. The molecule has 3 heteroatoms. The summed E-state index contributed by atoms with van der Waals surface area (Å²) in [5, 5.41) is 8.07. The Kier molecular flexibility index (Phi) is 35.2. The Morgan fingerprint density at radius 1 is 1.43 bits per heavy atom. The summed E-state index contributed by atoms with van der Waals surface area (Å²) in [6.07, 6.45) is 2.04. The van der Waals surface area contributed by atoms with E-state index in [4.69, 9.17) is 5.11 Å². The number of unbranched alkanes of at least 4 members (excludes halogenated alkanes) is 1. The molecule has 0 radical (unpaired) electrons. The van der Waals surface area contributed by atoms with E-state index in [-0.39, 0.29) is 38.3 Å². The molecule has 1 N–H and O–H groups in total. The molecule has 46 valence electrons. The van der Waals surface area contributed by atoms with Gasteiger partial charge in [-0.3, -0.25) is 0 Å². The van der Waals surface area contributed by atoms with Gasteiger partial charge >= 0.3 is 25.8 Å². The van der Waals surface area contributed by atoms with Gasteiger partial charge in [0.05, 0.1) is 0 Å². The van der Waals surface area contributed by atoms with E-state index in [9.17, 15) is 0 Å². The van der Waals surface area contributed by atoms with Crippen LogP contribution in [0.15, 0.2) is 0 Å². The molecule has 7 heavy (non-hydrogen) atoms. The first kappa shape index (κ1) is 15.7. The molecule has 0 bridgehead atoms. The summed E-state index contributed by atoms with van der Waals surface area (Å²) >= 11 is 0. The van der Waals surface area contributed by atoms with E-state index in [0.29, 0.717) is 6.61 Å². The first-order valence-corrected chi connectivity index (χ1v) is 2.02. The van der Waals surface area contributed by atoms with E-state index < -0.39 is 0 Å². The van der Waals surface area contributed by atoms with Crippen molar-refractivity contribution < 1.29 is 5.11 Å². The van der Waals surface area contributed by atoms with Gasteiger partial charge in [-0.05, 0) is 6.42 Å². The van der Waals surface area contributed by atoms with Gasteiger partial charge < -0.3 is 5.11 Å². The molecule has 0 aliphatic rings. The van der Waals surface area contributed by atoms with Crippen LogP contribution in [-0.4, -0.2) is 37.6 Å². The van der Waals surface area contributed by atoms with Crippen LogP contribution in [0.5, 0.6) is 0 Å². The standard InChI is InChI=1S/C4H10O.ClH.In.3H/c1-2-3-4-5;;;;;/h5H,2-4H2,1H3;1H;;;;. The van der Waals surface area contributed by atoms with Gasteiger partial charge in [0.15, 0.2) is 0 Å². The molecule has 0 saturated carbocycles. The van der Waals surface area contributed by atoms with Crippen LogP contribution in [0.3, 0.4) is 0 Å². The minimum atomic E-state index is 0. The van der Waals surface area contributed by atoms with Crippen LogP contribution in [0.4, 0.5) is 0 Å². The van der Waals surface area contributed by atoms with Crippen LogP contribution in [0.2, 0.25) is 0 Å². The quantitative estimate of drug-likeness (QED) is 0.706. The third-order valence-corrected chi connectivity index (χ3v) is 0.512. The van der Waals surface area contributed by atoms with Crippen molar-refractivity contribution >= 4 is 38.3 Å². The van der Waals surface area contributed by atoms with Crippen LogP contribution in [0.1, 0.15) is 19.8 Å². The van der Waals surface area contributed by atoms with Crippen LogP contribution in [0, 0.1) is 0 Å². The molecule has 0 heterocycles. The Labute approximate surface area is 69.7 Å². The summed E-state index contributed by atoms with van der Waals surface area (Å²) in [5.74, 6) is 0. The number of halogens is 1. The van der Waals surface area contributed by atoms with Crippen molar-refractivity contribution in [3.8, 4) is 0 Å². The van der Waals surface area contributed by atoms with E-state index in [1.165, 1.54) is 0 Å². The second-order valence-electron chi connectivity index (χ2n) is 1.08. The Hall–Kier alpha value is 1.12.